The van der Waals surface area contributed by atoms with Crippen molar-refractivity contribution in [2.24, 2.45) is 0 Å². The van der Waals surface area contributed by atoms with Crippen LogP contribution in [0.1, 0.15) is 30.4 Å². The summed E-state index contributed by atoms with van der Waals surface area (Å²) in [5, 5.41) is 11.0. The number of rotatable bonds is 7. The summed E-state index contributed by atoms with van der Waals surface area (Å²) in [6.07, 6.45) is 1.91. The molecule has 0 spiro atoms. The molecule has 134 valence electrons. The molecule has 0 bridgehead atoms. The molecule has 26 heavy (non-hydrogen) atoms. The highest BCUT2D eigenvalue weighted by Crippen LogP contribution is 2.18. The molecule has 3 rings (SSSR count). The minimum Gasteiger partial charge on any atom is -0.420 e. The second kappa shape index (κ2) is 8.43. The molecule has 1 aromatic heterocycles. The Labute approximate surface area is 153 Å². The molecule has 0 saturated carbocycles. The molecule has 0 radical (unpaired) electrons. The third kappa shape index (κ3) is 5.02. The van der Waals surface area contributed by atoms with Gasteiger partial charge in [0.05, 0.1) is 0 Å². The topological polar surface area (TPSA) is 68.0 Å². The second-order valence-corrected chi connectivity index (χ2v) is 6.54. The number of nitrogens with one attached hydrogen (secondary N) is 1. The Morgan fingerprint density at radius 1 is 1.08 bits per heavy atom. The SMILES string of the molecule is Cc1ccc(-c2nnc(CC(=O)NC(C)CCc3ccccc3)o2)cc1. The molecule has 5 nitrogen and oxygen atoms in total. The van der Waals surface area contributed by atoms with Crippen LogP contribution in [0.2, 0.25) is 0 Å². The van der Waals surface area contributed by atoms with Crippen molar-refractivity contribution in [3.8, 4) is 11.5 Å². The lowest BCUT2D eigenvalue weighted by Crippen LogP contribution is -2.34. The summed E-state index contributed by atoms with van der Waals surface area (Å²) < 4.78 is 5.61. The van der Waals surface area contributed by atoms with Crippen LogP contribution in [0.4, 0.5) is 0 Å². The fourth-order valence-corrected chi connectivity index (χ4v) is 2.70. The van der Waals surface area contributed by atoms with E-state index in [0.717, 1.165) is 24.0 Å². The molecule has 1 N–H and O–H groups in total. The lowest BCUT2D eigenvalue weighted by Gasteiger charge is -2.13. The van der Waals surface area contributed by atoms with Crippen molar-refractivity contribution in [2.45, 2.75) is 39.2 Å². The van der Waals surface area contributed by atoms with E-state index in [0.29, 0.717) is 11.8 Å². The van der Waals surface area contributed by atoms with Gasteiger partial charge in [-0.1, -0.05) is 48.0 Å². The number of carbonyl (C=O) groups excluding carboxylic acids is 1. The van der Waals surface area contributed by atoms with Crippen molar-refractivity contribution in [1.82, 2.24) is 15.5 Å². The number of aromatic nitrogens is 2. The lowest BCUT2D eigenvalue weighted by atomic mass is 10.1. The Kier molecular flexibility index (Phi) is 5.79. The monoisotopic (exact) mass is 349 g/mol. The van der Waals surface area contributed by atoms with Crippen molar-refractivity contribution < 1.29 is 9.21 Å². The van der Waals surface area contributed by atoms with E-state index in [1.165, 1.54) is 5.56 Å². The minimum atomic E-state index is -0.107. The Balaban J connectivity index is 1.49. The highest BCUT2D eigenvalue weighted by molar-refractivity contribution is 5.77. The van der Waals surface area contributed by atoms with Gasteiger partial charge in [0.15, 0.2) is 0 Å². The highest BCUT2D eigenvalue weighted by atomic mass is 16.4. The first-order valence-corrected chi connectivity index (χ1v) is 8.83. The zero-order valence-electron chi connectivity index (χ0n) is 15.1. The Hall–Kier alpha value is -2.95. The standard InChI is InChI=1S/C21H23N3O2/c1-15-8-12-18(13-9-15)21-24-23-20(26-21)14-19(25)22-16(2)10-11-17-6-4-3-5-7-17/h3-9,12-13,16H,10-11,14H2,1-2H3,(H,22,25). The summed E-state index contributed by atoms with van der Waals surface area (Å²) >= 11 is 0. The predicted molar refractivity (Wildman–Crippen MR) is 101 cm³/mol. The first-order valence-electron chi connectivity index (χ1n) is 8.83. The number of aryl methyl sites for hydroxylation is 2. The molecule has 1 heterocycles. The number of carbonyl (C=O) groups is 1. The van der Waals surface area contributed by atoms with Crippen LogP contribution in [0.5, 0.6) is 0 Å². The fraction of sp³-hybridized carbons (Fsp3) is 0.286. The molecule has 0 saturated heterocycles. The van der Waals surface area contributed by atoms with Crippen molar-refractivity contribution in [1.29, 1.82) is 0 Å². The van der Waals surface area contributed by atoms with E-state index in [9.17, 15) is 4.79 Å². The fourth-order valence-electron chi connectivity index (χ4n) is 2.70. The molecule has 0 aliphatic heterocycles. The van der Waals surface area contributed by atoms with E-state index < -0.39 is 0 Å². The maximum absolute atomic E-state index is 12.2. The maximum Gasteiger partial charge on any atom is 0.247 e. The van der Waals surface area contributed by atoms with Gasteiger partial charge in [-0.3, -0.25) is 4.79 Å². The van der Waals surface area contributed by atoms with Gasteiger partial charge in [0.2, 0.25) is 17.7 Å². The molecular formula is C21H23N3O2. The van der Waals surface area contributed by atoms with Crippen molar-refractivity contribution in [3.63, 3.8) is 0 Å². The van der Waals surface area contributed by atoms with Crippen LogP contribution in [0.25, 0.3) is 11.5 Å². The third-order valence-electron chi connectivity index (χ3n) is 4.19. The molecule has 5 heteroatoms. The van der Waals surface area contributed by atoms with E-state index in [1.54, 1.807) is 0 Å². The summed E-state index contributed by atoms with van der Waals surface area (Å²) in [5.74, 6) is 0.655. The Morgan fingerprint density at radius 3 is 2.54 bits per heavy atom. The van der Waals surface area contributed by atoms with Gasteiger partial charge >= 0.3 is 0 Å². The normalized spacial score (nSPS) is 11.9. The Bertz CT molecular complexity index is 841. The average molecular weight is 349 g/mol. The summed E-state index contributed by atoms with van der Waals surface area (Å²) in [6, 6.07) is 18.2. The smallest absolute Gasteiger partial charge is 0.247 e. The second-order valence-electron chi connectivity index (χ2n) is 6.54. The quantitative estimate of drug-likeness (QED) is 0.706. The molecule has 0 aliphatic carbocycles. The molecular weight excluding hydrogens is 326 g/mol. The summed E-state index contributed by atoms with van der Waals surface area (Å²) in [7, 11) is 0. The molecule has 3 aromatic rings. The van der Waals surface area contributed by atoms with E-state index in [2.05, 4.69) is 27.6 Å². The predicted octanol–water partition coefficient (Wildman–Crippen LogP) is 3.73. The molecule has 1 atom stereocenters. The number of nitrogens with zero attached hydrogens (tertiary/aromatic N) is 2. The van der Waals surface area contributed by atoms with Crippen molar-refractivity contribution in [2.75, 3.05) is 0 Å². The third-order valence-corrected chi connectivity index (χ3v) is 4.19. The van der Waals surface area contributed by atoms with Crippen LogP contribution in [0.3, 0.4) is 0 Å². The molecule has 0 fully saturated rings. The zero-order valence-corrected chi connectivity index (χ0v) is 15.1. The van der Waals surface area contributed by atoms with Gasteiger partial charge in [0.1, 0.15) is 6.42 Å². The van der Waals surface area contributed by atoms with Gasteiger partial charge < -0.3 is 9.73 Å². The number of hydrogen-bond acceptors (Lipinski definition) is 4. The average Bonchev–Trinajstić information content (AvgIpc) is 3.09. The first kappa shape index (κ1) is 17.9. The van der Waals surface area contributed by atoms with Gasteiger partial charge in [-0.2, -0.15) is 0 Å². The van der Waals surface area contributed by atoms with Crippen molar-refractivity contribution >= 4 is 5.91 Å². The molecule has 1 unspecified atom stereocenters. The van der Waals surface area contributed by atoms with E-state index in [4.69, 9.17) is 4.42 Å². The summed E-state index contributed by atoms with van der Waals surface area (Å²) in [5.41, 5.74) is 3.29. The lowest BCUT2D eigenvalue weighted by molar-refractivity contribution is -0.121. The highest BCUT2D eigenvalue weighted by Gasteiger charge is 2.14. The molecule has 1 amide bonds. The summed E-state index contributed by atoms with van der Waals surface area (Å²) in [6.45, 7) is 4.03. The van der Waals surface area contributed by atoms with Crippen LogP contribution in [-0.2, 0) is 17.6 Å². The first-order chi connectivity index (χ1) is 12.6. The van der Waals surface area contributed by atoms with Crippen LogP contribution >= 0.6 is 0 Å². The van der Waals surface area contributed by atoms with Crippen LogP contribution in [0, 0.1) is 6.92 Å². The molecule has 2 aromatic carbocycles. The van der Waals surface area contributed by atoms with Crippen LogP contribution < -0.4 is 5.32 Å². The van der Waals surface area contributed by atoms with Crippen LogP contribution in [0.15, 0.2) is 59.0 Å². The minimum absolute atomic E-state index is 0.0854. The van der Waals surface area contributed by atoms with Gasteiger partial charge in [-0.25, -0.2) is 0 Å². The van der Waals surface area contributed by atoms with Gasteiger partial charge in [0.25, 0.3) is 0 Å². The van der Waals surface area contributed by atoms with Crippen LogP contribution in [-0.4, -0.2) is 22.1 Å². The number of benzene rings is 2. The summed E-state index contributed by atoms with van der Waals surface area (Å²) in [4.78, 5) is 12.2. The van der Waals surface area contributed by atoms with Gasteiger partial charge in [-0.05, 0) is 44.4 Å². The largest absolute Gasteiger partial charge is 0.420 e. The van der Waals surface area contributed by atoms with E-state index in [-0.39, 0.29) is 18.4 Å². The van der Waals surface area contributed by atoms with Gasteiger partial charge in [-0.15, -0.1) is 10.2 Å². The van der Waals surface area contributed by atoms with Crippen molar-refractivity contribution in [3.05, 3.63) is 71.6 Å². The van der Waals surface area contributed by atoms with E-state index in [1.807, 2.05) is 56.3 Å². The molecule has 0 aliphatic rings. The van der Waals surface area contributed by atoms with Gasteiger partial charge in [0, 0.05) is 11.6 Å². The zero-order chi connectivity index (χ0) is 18.4. The maximum atomic E-state index is 12.2. The number of hydrogen-bond donors (Lipinski definition) is 1. The van der Waals surface area contributed by atoms with E-state index >= 15 is 0 Å². The number of amides is 1. The Morgan fingerprint density at radius 2 is 1.81 bits per heavy atom.